The first-order valence-corrected chi connectivity index (χ1v) is 7.30. The van der Waals surface area contributed by atoms with Crippen molar-refractivity contribution in [2.45, 2.75) is 76.2 Å². The highest BCUT2D eigenvalue weighted by Crippen LogP contribution is 2.31. The van der Waals surface area contributed by atoms with Crippen LogP contribution in [-0.2, 0) is 9.47 Å². The molecule has 0 aromatic carbocycles. The minimum absolute atomic E-state index is 0.0605. The van der Waals surface area contributed by atoms with Gasteiger partial charge in [0.15, 0.2) is 5.79 Å². The molecular formula is C16H28O4. The van der Waals surface area contributed by atoms with E-state index in [2.05, 4.69) is 13.2 Å². The number of aliphatic hydroxyl groups excluding tert-OH is 2. The zero-order chi connectivity index (χ0) is 15.2. The Labute approximate surface area is 122 Å². The maximum absolute atomic E-state index is 9.87. The quantitative estimate of drug-likeness (QED) is 0.673. The standard InChI is InChI=1S/C16H28O4/c1-5-7-12(17)9-14-11-15(10-13(18)8-6-2)20-16(3,4)19-14/h5-6,12-15,17-18H,1-2,7-11H2,3-4H3/t12-,13-,14+,15+/m1/s1. The fourth-order valence-electron chi connectivity index (χ4n) is 2.69. The summed E-state index contributed by atoms with van der Waals surface area (Å²) in [6, 6.07) is 0. The SMILES string of the molecule is C=CC[C@@H](O)C[C@H]1C[C@H](C[C@H](O)CC=C)OC(C)(C)O1. The highest BCUT2D eigenvalue weighted by atomic mass is 16.7. The predicted octanol–water partition coefficient (Wildman–Crippen LogP) is 2.55. The highest BCUT2D eigenvalue weighted by molar-refractivity contribution is 4.83. The summed E-state index contributed by atoms with van der Waals surface area (Å²) in [4.78, 5) is 0. The number of aliphatic hydroxyl groups is 2. The van der Waals surface area contributed by atoms with Gasteiger partial charge in [0, 0.05) is 19.3 Å². The molecule has 2 N–H and O–H groups in total. The van der Waals surface area contributed by atoms with Crippen molar-refractivity contribution in [2.24, 2.45) is 0 Å². The number of hydrogen-bond donors (Lipinski definition) is 2. The molecule has 1 aliphatic rings. The number of rotatable bonds is 8. The highest BCUT2D eigenvalue weighted by Gasteiger charge is 2.36. The van der Waals surface area contributed by atoms with Crippen LogP contribution in [0.2, 0.25) is 0 Å². The van der Waals surface area contributed by atoms with Gasteiger partial charge in [-0.05, 0) is 26.7 Å². The van der Waals surface area contributed by atoms with Crippen molar-refractivity contribution in [3.63, 3.8) is 0 Å². The Balaban J connectivity index is 2.55. The van der Waals surface area contributed by atoms with Crippen LogP contribution >= 0.6 is 0 Å². The van der Waals surface area contributed by atoms with Gasteiger partial charge < -0.3 is 19.7 Å². The molecule has 1 rings (SSSR count). The Bertz CT molecular complexity index is 286. The van der Waals surface area contributed by atoms with Crippen molar-refractivity contribution < 1.29 is 19.7 Å². The first kappa shape index (κ1) is 17.4. The zero-order valence-electron chi connectivity index (χ0n) is 12.6. The molecule has 0 unspecified atom stereocenters. The van der Waals surface area contributed by atoms with Crippen molar-refractivity contribution in [2.75, 3.05) is 0 Å². The molecule has 20 heavy (non-hydrogen) atoms. The first-order valence-electron chi connectivity index (χ1n) is 7.30. The van der Waals surface area contributed by atoms with Crippen molar-refractivity contribution in [1.29, 1.82) is 0 Å². The lowest BCUT2D eigenvalue weighted by Gasteiger charge is -2.42. The molecule has 1 saturated heterocycles. The van der Waals surface area contributed by atoms with Crippen LogP contribution in [0.5, 0.6) is 0 Å². The molecule has 0 amide bonds. The summed E-state index contributed by atoms with van der Waals surface area (Å²) in [5, 5.41) is 19.7. The van der Waals surface area contributed by atoms with Crippen molar-refractivity contribution >= 4 is 0 Å². The Hall–Kier alpha value is -0.680. The van der Waals surface area contributed by atoms with Crippen LogP contribution in [0, 0.1) is 0 Å². The van der Waals surface area contributed by atoms with Crippen LogP contribution < -0.4 is 0 Å². The monoisotopic (exact) mass is 284 g/mol. The Kier molecular flexibility index (Phi) is 6.89. The summed E-state index contributed by atoms with van der Waals surface area (Å²) in [7, 11) is 0. The maximum atomic E-state index is 9.87. The average molecular weight is 284 g/mol. The van der Waals surface area contributed by atoms with Gasteiger partial charge in [0.05, 0.1) is 24.4 Å². The Morgan fingerprint density at radius 2 is 1.45 bits per heavy atom. The Morgan fingerprint density at radius 3 is 1.80 bits per heavy atom. The average Bonchev–Trinajstić information content (AvgIpc) is 2.26. The van der Waals surface area contributed by atoms with E-state index < -0.39 is 18.0 Å². The van der Waals surface area contributed by atoms with Crippen LogP contribution in [0.25, 0.3) is 0 Å². The fraction of sp³-hybridized carbons (Fsp3) is 0.750. The summed E-state index contributed by atoms with van der Waals surface area (Å²) in [5.74, 6) is -0.685. The van der Waals surface area contributed by atoms with Crippen LogP contribution in [0.15, 0.2) is 25.3 Å². The lowest BCUT2D eigenvalue weighted by molar-refractivity contribution is -0.305. The molecule has 0 spiro atoms. The van der Waals surface area contributed by atoms with E-state index in [0.717, 1.165) is 0 Å². The van der Waals surface area contributed by atoms with Crippen molar-refractivity contribution in [3.8, 4) is 0 Å². The van der Waals surface area contributed by atoms with E-state index in [1.807, 2.05) is 13.8 Å². The normalized spacial score (nSPS) is 28.6. The van der Waals surface area contributed by atoms with Crippen molar-refractivity contribution in [3.05, 3.63) is 25.3 Å². The zero-order valence-corrected chi connectivity index (χ0v) is 12.6. The smallest absolute Gasteiger partial charge is 0.163 e. The van der Waals surface area contributed by atoms with Gasteiger partial charge in [-0.2, -0.15) is 0 Å². The van der Waals surface area contributed by atoms with E-state index in [1.54, 1.807) is 12.2 Å². The molecule has 1 aliphatic heterocycles. The largest absolute Gasteiger partial charge is 0.393 e. The van der Waals surface area contributed by atoms with Gasteiger partial charge >= 0.3 is 0 Å². The molecule has 0 aromatic rings. The molecule has 116 valence electrons. The lowest BCUT2D eigenvalue weighted by Crippen LogP contribution is -2.46. The molecule has 1 fully saturated rings. The molecule has 0 bridgehead atoms. The van der Waals surface area contributed by atoms with Gasteiger partial charge in [0.1, 0.15) is 0 Å². The van der Waals surface area contributed by atoms with E-state index in [0.29, 0.717) is 32.1 Å². The van der Waals surface area contributed by atoms with Gasteiger partial charge in [-0.25, -0.2) is 0 Å². The maximum Gasteiger partial charge on any atom is 0.163 e. The number of hydrogen-bond acceptors (Lipinski definition) is 4. The van der Waals surface area contributed by atoms with Crippen LogP contribution in [0.4, 0.5) is 0 Å². The van der Waals surface area contributed by atoms with Gasteiger partial charge in [-0.1, -0.05) is 12.2 Å². The van der Waals surface area contributed by atoms with Crippen LogP contribution in [-0.4, -0.2) is 40.4 Å². The molecule has 4 heteroatoms. The van der Waals surface area contributed by atoms with Crippen LogP contribution in [0.3, 0.4) is 0 Å². The molecule has 4 nitrogen and oxygen atoms in total. The summed E-state index contributed by atoms with van der Waals surface area (Å²) in [6.45, 7) is 11.0. The van der Waals surface area contributed by atoms with E-state index in [-0.39, 0.29) is 12.2 Å². The second kappa shape index (κ2) is 7.93. The van der Waals surface area contributed by atoms with E-state index in [4.69, 9.17) is 9.47 Å². The minimum Gasteiger partial charge on any atom is -0.393 e. The number of ether oxygens (including phenoxy) is 2. The Morgan fingerprint density at radius 1 is 1.05 bits per heavy atom. The van der Waals surface area contributed by atoms with Crippen LogP contribution in [0.1, 0.15) is 46.0 Å². The second-order valence-corrected chi connectivity index (χ2v) is 5.94. The summed E-state index contributed by atoms with van der Waals surface area (Å²) < 4.78 is 11.7. The summed E-state index contributed by atoms with van der Waals surface area (Å²) in [6.07, 6.45) is 5.35. The van der Waals surface area contributed by atoms with E-state index >= 15 is 0 Å². The van der Waals surface area contributed by atoms with E-state index in [9.17, 15) is 10.2 Å². The lowest BCUT2D eigenvalue weighted by atomic mass is 9.97. The predicted molar refractivity (Wildman–Crippen MR) is 79.3 cm³/mol. The summed E-state index contributed by atoms with van der Waals surface area (Å²) in [5.41, 5.74) is 0. The second-order valence-electron chi connectivity index (χ2n) is 5.94. The third-order valence-corrected chi connectivity index (χ3v) is 3.37. The van der Waals surface area contributed by atoms with Crippen molar-refractivity contribution in [1.82, 2.24) is 0 Å². The molecule has 0 radical (unpaired) electrons. The summed E-state index contributed by atoms with van der Waals surface area (Å²) >= 11 is 0. The van der Waals surface area contributed by atoms with Gasteiger partial charge in [0.25, 0.3) is 0 Å². The molecule has 0 aromatic heterocycles. The fourth-order valence-corrected chi connectivity index (χ4v) is 2.69. The molecule has 1 heterocycles. The third-order valence-electron chi connectivity index (χ3n) is 3.37. The topological polar surface area (TPSA) is 58.9 Å². The molecule has 4 atom stereocenters. The van der Waals surface area contributed by atoms with E-state index in [1.165, 1.54) is 0 Å². The van der Waals surface area contributed by atoms with Gasteiger partial charge in [0.2, 0.25) is 0 Å². The molecular weight excluding hydrogens is 256 g/mol. The first-order chi connectivity index (χ1) is 9.36. The minimum atomic E-state index is -0.685. The van der Waals surface area contributed by atoms with Gasteiger partial charge in [-0.15, -0.1) is 13.2 Å². The molecule has 0 aliphatic carbocycles. The molecule has 0 saturated carbocycles. The third kappa shape index (κ3) is 6.18. The van der Waals surface area contributed by atoms with Gasteiger partial charge in [-0.3, -0.25) is 0 Å².